The smallest absolute Gasteiger partial charge is 0.136 e. The Morgan fingerprint density at radius 3 is 2.50 bits per heavy atom. The molecule has 2 nitrogen and oxygen atoms in total. The van der Waals surface area contributed by atoms with E-state index in [2.05, 4.69) is 35.8 Å². The number of halogens is 1. The first-order valence-corrected chi connectivity index (χ1v) is 5.17. The van der Waals surface area contributed by atoms with Crippen LogP contribution in [-0.4, -0.2) is 7.11 Å². The first-order valence-electron chi connectivity index (χ1n) is 4.37. The lowest BCUT2D eigenvalue weighted by molar-refractivity contribution is 0.412. The first kappa shape index (κ1) is 11.1. The predicted octanol–water partition coefficient (Wildman–Crippen LogP) is 3.45. The molecule has 0 fully saturated rings. The zero-order valence-corrected chi connectivity index (χ0v) is 10.1. The molecule has 3 heteroatoms. The van der Waals surface area contributed by atoms with Crippen LogP contribution < -0.4 is 4.74 Å². The molecule has 1 rings (SSSR count). The van der Waals surface area contributed by atoms with E-state index in [9.17, 15) is 0 Å². The van der Waals surface area contributed by atoms with Crippen LogP contribution in [0.15, 0.2) is 16.6 Å². The highest BCUT2D eigenvalue weighted by Gasteiger charge is 2.10. The van der Waals surface area contributed by atoms with E-state index in [4.69, 9.17) is 10.00 Å². The van der Waals surface area contributed by atoms with Gasteiger partial charge >= 0.3 is 0 Å². The minimum atomic E-state index is 0.408. The number of hydrogen-bond acceptors (Lipinski definition) is 2. The van der Waals surface area contributed by atoms with Crippen LogP contribution in [0.3, 0.4) is 0 Å². The SMILES string of the molecule is COc1cc(C(C)C)c(Br)cc1C#N. The standard InChI is InChI=1S/C11H12BrNO/c1-7(2)9-5-11(14-3)8(6-13)4-10(9)12/h4-5,7H,1-3H3. The molecule has 0 aromatic heterocycles. The Balaban J connectivity index is 3.32. The summed E-state index contributed by atoms with van der Waals surface area (Å²) in [6.07, 6.45) is 0. The van der Waals surface area contributed by atoms with E-state index in [1.54, 1.807) is 13.2 Å². The summed E-state index contributed by atoms with van der Waals surface area (Å²) in [4.78, 5) is 0. The fraction of sp³-hybridized carbons (Fsp3) is 0.364. The largest absolute Gasteiger partial charge is 0.495 e. The van der Waals surface area contributed by atoms with Crippen molar-refractivity contribution in [1.29, 1.82) is 5.26 Å². The van der Waals surface area contributed by atoms with Gasteiger partial charge < -0.3 is 4.74 Å². The maximum Gasteiger partial charge on any atom is 0.136 e. The fourth-order valence-corrected chi connectivity index (χ4v) is 2.07. The van der Waals surface area contributed by atoms with Crippen molar-refractivity contribution in [2.24, 2.45) is 0 Å². The minimum Gasteiger partial charge on any atom is -0.495 e. The molecule has 0 saturated heterocycles. The van der Waals surface area contributed by atoms with Gasteiger partial charge in [-0.2, -0.15) is 5.26 Å². The van der Waals surface area contributed by atoms with Crippen LogP contribution in [0, 0.1) is 11.3 Å². The summed E-state index contributed by atoms with van der Waals surface area (Å²) in [5, 5.41) is 8.85. The van der Waals surface area contributed by atoms with Crippen LogP contribution in [0.25, 0.3) is 0 Å². The van der Waals surface area contributed by atoms with Crippen molar-refractivity contribution in [3.05, 3.63) is 27.7 Å². The molecule has 0 heterocycles. The quantitative estimate of drug-likeness (QED) is 0.809. The third kappa shape index (κ3) is 2.08. The van der Waals surface area contributed by atoms with Gasteiger partial charge in [-0.15, -0.1) is 0 Å². The molecule has 1 aromatic rings. The van der Waals surface area contributed by atoms with Crippen LogP contribution in [0.4, 0.5) is 0 Å². The third-order valence-electron chi connectivity index (χ3n) is 2.06. The second kappa shape index (κ2) is 4.47. The maximum atomic E-state index is 8.85. The zero-order valence-electron chi connectivity index (χ0n) is 8.47. The number of benzene rings is 1. The van der Waals surface area contributed by atoms with Gasteiger partial charge in [-0.25, -0.2) is 0 Å². The summed E-state index contributed by atoms with van der Waals surface area (Å²) >= 11 is 3.45. The van der Waals surface area contributed by atoms with Crippen molar-refractivity contribution < 1.29 is 4.74 Å². The monoisotopic (exact) mass is 253 g/mol. The summed E-state index contributed by atoms with van der Waals surface area (Å²) in [5.74, 6) is 1.05. The van der Waals surface area contributed by atoms with Crippen LogP contribution in [0.5, 0.6) is 5.75 Å². The molecular formula is C11H12BrNO. The lowest BCUT2D eigenvalue weighted by atomic mass is 10.0. The van der Waals surface area contributed by atoms with E-state index in [-0.39, 0.29) is 0 Å². The highest BCUT2D eigenvalue weighted by atomic mass is 79.9. The summed E-state index contributed by atoms with van der Waals surface area (Å²) in [7, 11) is 1.58. The van der Waals surface area contributed by atoms with Gasteiger partial charge in [0.2, 0.25) is 0 Å². The number of ether oxygens (including phenoxy) is 1. The average Bonchev–Trinajstić information content (AvgIpc) is 2.16. The van der Waals surface area contributed by atoms with Crippen molar-refractivity contribution in [3.63, 3.8) is 0 Å². The average molecular weight is 254 g/mol. The van der Waals surface area contributed by atoms with E-state index in [0.717, 1.165) is 10.0 Å². The van der Waals surface area contributed by atoms with Crippen molar-refractivity contribution >= 4 is 15.9 Å². The molecule has 0 aliphatic heterocycles. The number of nitrogens with zero attached hydrogens (tertiary/aromatic N) is 1. The number of hydrogen-bond donors (Lipinski definition) is 0. The number of methoxy groups -OCH3 is 1. The molecule has 0 N–H and O–H groups in total. The molecule has 1 aromatic carbocycles. The zero-order chi connectivity index (χ0) is 10.7. The van der Waals surface area contributed by atoms with Gasteiger partial charge in [0.25, 0.3) is 0 Å². The number of nitriles is 1. The van der Waals surface area contributed by atoms with Gasteiger partial charge in [-0.1, -0.05) is 29.8 Å². The first-order chi connectivity index (χ1) is 6.60. The van der Waals surface area contributed by atoms with Crippen molar-refractivity contribution in [2.75, 3.05) is 7.11 Å². The minimum absolute atomic E-state index is 0.408. The molecule has 0 aliphatic rings. The summed E-state index contributed by atoms with van der Waals surface area (Å²) in [6, 6.07) is 5.81. The van der Waals surface area contributed by atoms with Gasteiger partial charge in [-0.3, -0.25) is 0 Å². The highest BCUT2D eigenvalue weighted by molar-refractivity contribution is 9.10. The Hall–Kier alpha value is -1.01. The number of rotatable bonds is 2. The van der Waals surface area contributed by atoms with Crippen LogP contribution >= 0.6 is 15.9 Å². The van der Waals surface area contributed by atoms with Crippen LogP contribution in [-0.2, 0) is 0 Å². The van der Waals surface area contributed by atoms with Crippen molar-refractivity contribution in [2.45, 2.75) is 19.8 Å². The Morgan fingerprint density at radius 2 is 2.07 bits per heavy atom. The van der Waals surface area contributed by atoms with Crippen molar-refractivity contribution in [1.82, 2.24) is 0 Å². The summed E-state index contributed by atoms with van der Waals surface area (Å²) in [6.45, 7) is 4.21. The lowest BCUT2D eigenvalue weighted by Crippen LogP contribution is -1.94. The van der Waals surface area contributed by atoms with Gasteiger partial charge in [0.05, 0.1) is 12.7 Å². The molecule has 0 unspecified atom stereocenters. The predicted molar refractivity (Wildman–Crippen MR) is 59.5 cm³/mol. The van der Waals surface area contributed by atoms with Gasteiger partial charge in [0.1, 0.15) is 11.8 Å². The Kier molecular flexibility index (Phi) is 3.54. The van der Waals surface area contributed by atoms with Gasteiger partial charge in [0, 0.05) is 4.47 Å². The molecule has 74 valence electrons. The maximum absolute atomic E-state index is 8.85. The molecule has 0 spiro atoms. The summed E-state index contributed by atoms with van der Waals surface area (Å²) in [5.41, 5.74) is 1.71. The molecule has 0 aliphatic carbocycles. The third-order valence-corrected chi connectivity index (χ3v) is 2.75. The molecule has 0 atom stereocenters. The van der Waals surface area contributed by atoms with E-state index in [1.165, 1.54) is 0 Å². The van der Waals surface area contributed by atoms with E-state index in [0.29, 0.717) is 17.2 Å². The normalized spacial score (nSPS) is 10.0. The molecule has 0 saturated carbocycles. The molecule has 0 radical (unpaired) electrons. The van der Waals surface area contributed by atoms with E-state index < -0.39 is 0 Å². The lowest BCUT2D eigenvalue weighted by Gasteiger charge is -2.11. The second-order valence-corrected chi connectivity index (χ2v) is 4.19. The van der Waals surface area contributed by atoms with Gasteiger partial charge in [0.15, 0.2) is 0 Å². The Bertz CT molecular complexity index is 379. The Morgan fingerprint density at radius 1 is 1.43 bits per heavy atom. The molecular weight excluding hydrogens is 242 g/mol. The summed E-state index contributed by atoms with van der Waals surface area (Å²) < 4.78 is 6.10. The molecule has 0 bridgehead atoms. The van der Waals surface area contributed by atoms with Crippen molar-refractivity contribution in [3.8, 4) is 11.8 Å². The van der Waals surface area contributed by atoms with E-state index >= 15 is 0 Å². The molecule has 0 amide bonds. The van der Waals surface area contributed by atoms with E-state index in [1.807, 2.05) is 6.07 Å². The molecule has 14 heavy (non-hydrogen) atoms. The topological polar surface area (TPSA) is 33.0 Å². The highest BCUT2D eigenvalue weighted by Crippen LogP contribution is 2.31. The second-order valence-electron chi connectivity index (χ2n) is 3.34. The van der Waals surface area contributed by atoms with Gasteiger partial charge in [-0.05, 0) is 23.6 Å². The Labute approximate surface area is 92.6 Å². The van der Waals surface area contributed by atoms with Crippen LogP contribution in [0.1, 0.15) is 30.9 Å². The van der Waals surface area contributed by atoms with Crippen LogP contribution in [0.2, 0.25) is 0 Å². The fourth-order valence-electron chi connectivity index (χ4n) is 1.27.